The van der Waals surface area contributed by atoms with Crippen LogP contribution >= 0.6 is 23.2 Å². The summed E-state index contributed by atoms with van der Waals surface area (Å²) in [5.41, 5.74) is -0.920. The minimum absolute atomic E-state index is 0.0275. The van der Waals surface area contributed by atoms with Crippen LogP contribution in [-0.2, 0) is 34.0 Å². The van der Waals surface area contributed by atoms with Crippen LogP contribution in [0.1, 0.15) is 30.5 Å². The number of hydrogen-bond donors (Lipinski definition) is 1. The molecule has 1 fully saturated rings. The van der Waals surface area contributed by atoms with E-state index in [-0.39, 0.29) is 22.6 Å². The number of allylic oxidation sites excluding steroid dienone is 1. The molecule has 1 aliphatic carbocycles. The van der Waals surface area contributed by atoms with Crippen molar-refractivity contribution in [1.82, 2.24) is 0 Å². The molecule has 0 spiro atoms. The van der Waals surface area contributed by atoms with Crippen LogP contribution < -0.4 is 5.32 Å². The summed E-state index contributed by atoms with van der Waals surface area (Å²) in [6.45, 7) is 2.71. The first kappa shape index (κ1) is 25.4. The van der Waals surface area contributed by atoms with Gasteiger partial charge in [0.1, 0.15) is 11.1 Å². The molecule has 178 valence electrons. The second-order valence-corrected chi connectivity index (χ2v) is 9.44. The topological polar surface area (TPSA) is 47.6 Å². The lowest BCUT2D eigenvalue weighted by Gasteiger charge is -2.18. The Bertz CT molecular complexity index is 1060. The molecule has 0 unspecified atom stereocenters. The smallest absolute Gasteiger partial charge is 0.310 e. The summed E-state index contributed by atoms with van der Waals surface area (Å²) in [6, 6.07) is 9.01. The third kappa shape index (κ3) is 5.48. The Morgan fingerprint density at radius 2 is 1.70 bits per heavy atom. The number of halogens is 5. The second-order valence-electron chi connectivity index (χ2n) is 8.44. The molecule has 4 nitrogen and oxygen atoms in total. The molecule has 2 aromatic carbocycles. The Morgan fingerprint density at radius 1 is 1.06 bits per heavy atom. The zero-order valence-electron chi connectivity index (χ0n) is 18.4. The van der Waals surface area contributed by atoms with Crippen LogP contribution in [0.25, 0.3) is 0 Å². The highest BCUT2D eigenvalue weighted by molar-refractivity contribution is 6.55. The molecule has 0 amide bonds. The van der Waals surface area contributed by atoms with Gasteiger partial charge in [-0.25, -0.2) is 13.2 Å². The van der Waals surface area contributed by atoms with Crippen LogP contribution in [0.5, 0.6) is 0 Å². The van der Waals surface area contributed by atoms with E-state index in [0.29, 0.717) is 0 Å². The summed E-state index contributed by atoms with van der Waals surface area (Å²) < 4.78 is 54.8. The summed E-state index contributed by atoms with van der Waals surface area (Å²) >= 11 is 11.4. The van der Waals surface area contributed by atoms with E-state index in [4.69, 9.17) is 32.7 Å². The van der Waals surface area contributed by atoms with Crippen LogP contribution in [0, 0.1) is 34.7 Å². The van der Waals surface area contributed by atoms with Gasteiger partial charge in [0.25, 0.3) is 0 Å². The molecule has 1 aliphatic rings. The van der Waals surface area contributed by atoms with Gasteiger partial charge >= 0.3 is 5.97 Å². The fourth-order valence-electron chi connectivity index (χ4n) is 3.94. The number of methoxy groups -OCH3 is 1. The Morgan fingerprint density at radius 3 is 2.30 bits per heavy atom. The molecule has 1 saturated carbocycles. The van der Waals surface area contributed by atoms with Crippen molar-refractivity contribution in [2.75, 3.05) is 12.4 Å². The van der Waals surface area contributed by atoms with Gasteiger partial charge in [-0.3, -0.25) is 4.79 Å². The summed E-state index contributed by atoms with van der Waals surface area (Å²) in [4.78, 5) is 12.6. The van der Waals surface area contributed by atoms with Crippen LogP contribution in [0.2, 0.25) is 0 Å². The first-order valence-corrected chi connectivity index (χ1v) is 11.0. The van der Waals surface area contributed by atoms with Gasteiger partial charge in [0.15, 0.2) is 17.5 Å². The van der Waals surface area contributed by atoms with E-state index >= 15 is 4.39 Å². The van der Waals surface area contributed by atoms with Crippen molar-refractivity contribution < 1.29 is 27.4 Å². The Labute approximate surface area is 200 Å². The number of hydrogen-bond acceptors (Lipinski definition) is 4. The van der Waals surface area contributed by atoms with Crippen molar-refractivity contribution in [2.45, 2.75) is 33.6 Å². The quantitative estimate of drug-likeness (QED) is 0.314. The van der Waals surface area contributed by atoms with Gasteiger partial charge < -0.3 is 14.8 Å². The third-order valence-electron chi connectivity index (χ3n) is 5.94. The van der Waals surface area contributed by atoms with E-state index < -0.39 is 59.1 Å². The SMILES string of the molecule is COCc1c(F)c(F)c(COC(=O)[C@@H]2[C@@H](C=C(Cl)Cl)C2(C)C)c(NCc2ccccc2)c1F. The fourth-order valence-corrected chi connectivity index (χ4v) is 4.21. The highest BCUT2D eigenvalue weighted by Gasteiger charge is 2.61. The molecule has 1 N–H and O–H groups in total. The van der Waals surface area contributed by atoms with Gasteiger partial charge in [-0.15, -0.1) is 0 Å². The molecule has 0 aliphatic heterocycles. The lowest BCUT2D eigenvalue weighted by molar-refractivity contribution is -0.147. The molecule has 0 aromatic heterocycles. The molecular formula is C24H24Cl2F3NO3. The van der Waals surface area contributed by atoms with E-state index in [0.717, 1.165) is 5.56 Å². The molecule has 0 bridgehead atoms. The average molecular weight is 502 g/mol. The van der Waals surface area contributed by atoms with Gasteiger partial charge in [0.05, 0.1) is 29.3 Å². The lowest BCUT2D eigenvalue weighted by atomic mass is 10.1. The first-order valence-electron chi connectivity index (χ1n) is 10.2. The molecule has 33 heavy (non-hydrogen) atoms. The van der Waals surface area contributed by atoms with Crippen molar-refractivity contribution in [3.8, 4) is 0 Å². The van der Waals surface area contributed by atoms with E-state index in [1.807, 2.05) is 19.9 Å². The Kier molecular flexibility index (Phi) is 7.98. The predicted octanol–water partition coefficient (Wildman–Crippen LogP) is 6.50. The molecule has 3 rings (SSSR count). The van der Waals surface area contributed by atoms with E-state index in [1.165, 1.54) is 7.11 Å². The van der Waals surface area contributed by atoms with Crippen LogP contribution in [-0.4, -0.2) is 13.1 Å². The first-order chi connectivity index (χ1) is 15.6. The molecule has 0 radical (unpaired) electrons. The van der Waals surface area contributed by atoms with Crippen molar-refractivity contribution in [3.05, 3.63) is 75.0 Å². The minimum atomic E-state index is -1.38. The van der Waals surface area contributed by atoms with Crippen molar-refractivity contribution >= 4 is 34.9 Å². The number of rotatable bonds is 9. The highest BCUT2D eigenvalue weighted by Crippen LogP contribution is 2.60. The number of esters is 1. The number of anilines is 1. The third-order valence-corrected chi connectivity index (χ3v) is 6.19. The van der Waals surface area contributed by atoms with Crippen LogP contribution in [0.15, 0.2) is 40.9 Å². The number of benzene rings is 2. The van der Waals surface area contributed by atoms with Crippen molar-refractivity contribution in [2.24, 2.45) is 17.3 Å². The fraction of sp³-hybridized carbons (Fsp3) is 0.375. The normalized spacial score (nSPS) is 18.5. The molecular weight excluding hydrogens is 478 g/mol. The Balaban J connectivity index is 1.87. The zero-order chi connectivity index (χ0) is 24.3. The predicted molar refractivity (Wildman–Crippen MR) is 121 cm³/mol. The molecule has 2 atom stereocenters. The second kappa shape index (κ2) is 10.4. The lowest BCUT2D eigenvalue weighted by Crippen LogP contribution is -2.16. The van der Waals surface area contributed by atoms with E-state index in [1.54, 1.807) is 30.3 Å². The summed E-state index contributed by atoms with van der Waals surface area (Å²) in [6.07, 6.45) is 1.54. The number of ether oxygens (including phenoxy) is 2. The summed E-state index contributed by atoms with van der Waals surface area (Å²) in [7, 11) is 1.25. The standard InChI is InChI=1S/C24H24Cl2F3NO3/c1-24(2)16(9-17(25)26)18(24)23(31)33-12-15-20(28)19(27)14(11-32-3)21(29)22(15)30-10-13-7-5-4-6-8-13/h4-9,16,18,30H,10-12H2,1-3H3/t16-,18+/m1/s1. The average Bonchev–Trinajstić information content (AvgIpc) is 3.31. The van der Waals surface area contributed by atoms with Gasteiger partial charge in [-0.05, 0) is 23.0 Å². The van der Waals surface area contributed by atoms with E-state index in [9.17, 15) is 13.6 Å². The summed E-state index contributed by atoms with van der Waals surface area (Å²) in [5, 5.41) is 2.81. The molecule has 0 heterocycles. The van der Waals surface area contributed by atoms with Gasteiger partial charge in [0.2, 0.25) is 0 Å². The maximum atomic E-state index is 15.2. The van der Waals surface area contributed by atoms with Gasteiger partial charge in [-0.1, -0.05) is 67.4 Å². The molecule has 2 aromatic rings. The van der Waals surface area contributed by atoms with Crippen LogP contribution in [0.3, 0.4) is 0 Å². The molecule has 9 heteroatoms. The maximum absolute atomic E-state index is 15.2. The monoisotopic (exact) mass is 501 g/mol. The Hall–Kier alpha value is -2.22. The van der Waals surface area contributed by atoms with Crippen LogP contribution in [0.4, 0.5) is 18.9 Å². The number of carbonyl (C=O) groups is 1. The number of carbonyl (C=O) groups excluding carboxylic acids is 1. The van der Waals surface area contributed by atoms with Crippen molar-refractivity contribution in [1.29, 1.82) is 0 Å². The minimum Gasteiger partial charge on any atom is -0.460 e. The largest absolute Gasteiger partial charge is 0.460 e. The van der Waals surface area contributed by atoms with Crippen molar-refractivity contribution in [3.63, 3.8) is 0 Å². The highest BCUT2D eigenvalue weighted by atomic mass is 35.5. The molecule has 0 saturated heterocycles. The van der Waals surface area contributed by atoms with Gasteiger partial charge in [-0.2, -0.15) is 0 Å². The van der Waals surface area contributed by atoms with Gasteiger partial charge in [0, 0.05) is 13.7 Å². The number of nitrogens with one attached hydrogen (secondary N) is 1. The maximum Gasteiger partial charge on any atom is 0.310 e. The van der Waals surface area contributed by atoms with E-state index in [2.05, 4.69) is 5.32 Å². The summed E-state index contributed by atoms with van der Waals surface area (Å²) in [5.74, 6) is -5.14. The zero-order valence-corrected chi connectivity index (χ0v) is 19.9.